The largest absolute Gasteiger partial charge is 0.354 e. The van der Waals surface area contributed by atoms with Gasteiger partial charge in [0.1, 0.15) is 0 Å². The first-order chi connectivity index (χ1) is 7.67. The van der Waals surface area contributed by atoms with Crippen LogP contribution in [0.25, 0.3) is 0 Å². The third-order valence-corrected chi connectivity index (χ3v) is 4.17. The summed E-state index contributed by atoms with van der Waals surface area (Å²) >= 11 is 0. The van der Waals surface area contributed by atoms with Gasteiger partial charge >= 0.3 is 0 Å². The van der Waals surface area contributed by atoms with Crippen LogP contribution in [0.1, 0.15) is 32.1 Å². The number of nitrogens with one attached hydrogen (secondary N) is 1. The fraction of sp³-hybridized carbons (Fsp3) is 0.917. The fourth-order valence-electron chi connectivity index (χ4n) is 2.58. The lowest BCUT2D eigenvalue weighted by Crippen LogP contribution is -2.44. The Bertz CT molecular complexity index is 306. The molecule has 0 aromatic carbocycles. The number of nitrogens with two attached hydrogens (primary N) is 1. The molecule has 3 aliphatic rings. The molecule has 2 aliphatic carbocycles. The van der Waals surface area contributed by atoms with Gasteiger partial charge in [-0.05, 0) is 44.6 Å². The molecule has 0 radical (unpaired) electrons. The third-order valence-electron chi connectivity index (χ3n) is 4.17. The molecule has 1 heterocycles. The number of amides is 1. The van der Waals surface area contributed by atoms with Crippen molar-refractivity contribution in [3.8, 4) is 0 Å². The van der Waals surface area contributed by atoms with Crippen LogP contribution in [0.5, 0.6) is 0 Å². The van der Waals surface area contributed by atoms with Crippen molar-refractivity contribution in [1.82, 2.24) is 10.2 Å². The lowest BCUT2D eigenvalue weighted by molar-refractivity contribution is -0.123. The van der Waals surface area contributed by atoms with E-state index in [2.05, 4.69) is 10.2 Å². The molecule has 0 aromatic heterocycles. The summed E-state index contributed by atoms with van der Waals surface area (Å²) in [6.45, 7) is 3.21. The molecule has 3 N–H and O–H groups in total. The molecule has 0 aromatic rings. The van der Waals surface area contributed by atoms with E-state index in [1.54, 1.807) is 0 Å². The van der Waals surface area contributed by atoms with Gasteiger partial charge in [-0.25, -0.2) is 0 Å². The van der Waals surface area contributed by atoms with Crippen molar-refractivity contribution in [2.75, 3.05) is 19.6 Å². The molecule has 1 aliphatic heterocycles. The highest BCUT2D eigenvalue weighted by Gasteiger charge is 2.46. The lowest BCUT2D eigenvalue weighted by Gasteiger charge is -2.16. The molecule has 1 saturated heterocycles. The van der Waals surface area contributed by atoms with Crippen LogP contribution < -0.4 is 11.1 Å². The van der Waals surface area contributed by atoms with Crippen LogP contribution in [-0.2, 0) is 4.79 Å². The second-order valence-corrected chi connectivity index (χ2v) is 5.75. The quantitative estimate of drug-likeness (QED) is 0.811. The average Bonchev–Trinajstić information content (AvgIpc) is 3.19. The zero-order valence-electron chi connectivity index (χ0n) is 10.6. The van der Waals surface area contributed by atoms with Gasteiger partial charge in [0.25, 0.3) is 0 Å². The SMILES string of the molecule is Cl.Cl.NC1(C(=O)NCC2CCN(C3CC3)C2)CC1. The van der Waals surface area contributed by atoms with E-state index in [1.807, 2.05) is 0 Å². The molecule has 3 fully saturated rings. The number of halogens is 2. The van der Waals surface area contributed by atoms with Gasteiger partial charge in [-0.2, -0.15) is 0 Å². The third kappa shape index (κ3) is 3.50. The summed E-state index contributed by atoms with van der Waals surface area (Å²) in [4.78, 5) is 14.2. The van der Waals surface area contributed by atoms with Crippen LogP contribution in [0.3, 0.4) is 0 Å². The molecule has 1 amide bonds. The fourth-order valence-corrected chi connectivity index (χ4v) is 2.58. The minimum absolute atomic E-state index is 0. The Kier molecular flexibility index (Phi) is 5.30. The van der Waals surface area contributed by atoms with E-state index >= 15 is 0 Å². The Morgan fingerprint density at radius 2 is 1.94 bits per heavy atom. The predicted octanol–water partition coefficient (Wildman–Crippen LogP) is 0.922. The first kappa shape index (κ1) is 16.0. The van der Waals surface area contributed by atoms with Crippen molar-refractivity contribution < 1.29 is 4.79 Å². The number of hydrogen-bond acceptors (Lipinski definition) is 3. The maximum absolute atomic E-state index is 11.7. The van der Waals surface area contributed by atoms with E-state index in [4.69, 9.17) is 5.73 Å². The lowest BCUT2D eigenvalue weighted by atomic mass is 10.1. The Morgan fingerprint density at radius 1 is 1.28 bits per heavy atom. The van der Waals surface area contributed by atoms with Gasteiger partial charge in [0.05, 0.1) is 5.54 Å². The van der Waals surface area contributed by atoms with Gasteiger partial charge in [0.2, 0.25) is 5.91 Å². The van der Waals surface area contributed by atoms with Gasteiger partial charge in [-0.3, -0.25) is 4.79 Å². The molecule has 2 saturated carbocycles. The van der Waals surface area contributed by atoms with Crippen LogP contribution in [-0.4, -0.2) is 42.0 Å². The number of hydrogen-bond donors (Lipinski definition) is 2. The number of carbonyl (C=O) groups is 1. The maximum atomic E-state index is 11.7. The molecule has 1 unspecified atom stereocenters. The van der Waals surface area contributed by atoms with E-state index in [9.17, 15) is 4.79 Å². The summed E-state index contributed by atoms with van der Waals surface area (Å²) in [5.41, 5.74) is 5.33. The Hall–Kier alpha value is -0.0300. The summed E-state index contributed by atoms with van der Waals surface area (Å²) < 4.78 is 0. The second kappa shape index (κ2) is 5.95. The van der Waals surface area contributed by atoms with Crippen molar-refractivity contribution in [3.05, 3.63) is 0 Å². The predicted molar refractivity (Wildman–Crippen MR) is 76.4 cm³/mol. The van der Waals surface area contributed by atoms with Gasteiger partial charge in [-0.15, -0.1) is 24.8 Å². The molecule has 3 rings (SSSR count). The number of carbonyl (C=O) groups excluding carboxylic acids is 1. The molecular weight excluding hydrogens is 273 g/mol. The maximum Gasteiger partial charge on any atom is 0.240 e. The average molecular weight is 296 g/mol. The summed E-state index contributed by atoms with van der Waals surface area (Å²) in [6, 6.07) is 0.866. The van der Waals surface area contributed by atoms with Crippen molar-refractivity contribution in [2.45, 2.75) is 43.7 Å². The number of nitrogens with zero attached hydrogens (tertiary/aromatic N) is 1. The normalized spacial score (nSPS) is 29.1. The van der Waals surface area contributed by atoms with Crippen molar-refractivity contribution in [3.63, 3.8) is 0 Å². The standard InChI is InChI=1S/C12H21N3O.2ClH/c13-12(4-5-12)11(16)14-7-9-3-6-15(8-9)10-1-2-10;;/h9-10H,1-8,13H2,(H,14,16);2*1H. The highest BCUT2D eigenvalue weighted by Crippen LogP contribution is 2.33. The van der Waals surface area contributed by atoms with Crippen LogP contribution in [0, 0.1) is 5.92 Å². The summed E-state index contributed by atoms with van der Waals surface area (Å²) in [5.74, 6) is 0.712. The highest BCUT2D eigenvalue weighted by atomic mass is 35.5. The smallest absolute Gasteiger partial charge is 0.240 e. The Labute approximate surface area is 121 Å². The molecular formula is C12H23Cl2N3O. The minimum atomic E-state index is -0.505. The van der Waals surface area contributed by atoms with E-state index < -0.39 is 5.54 Å². The molecule has 4 nitrogen and oxygen atoms in total. The van der Waals surface area contributed by atoms with Gasteiger partial charge in [0.15, 0.2) is 0 Å². The zero-order valence-corrected chi connectivity index (χ0v) is 12.2. The first-order valence-corrected chi connectivity index (χ1v) is 6.49. The van der Waals surface area contributed by atoms with E-state index in [0.717, 1.165) is 25.4 Å². The van der Waals surface area contributed by atoms with Gasteiger partial charge in [-0.1, -0.05) is 0 Å². The first-order valence-electron chi connectivity index (χ1n) is 6.49. The monoisotopic (exact) mass is 295 g/mol. The summed E-state index contributed by atoms with van der Waals surface area (Å²) in [7, 11) is 0. The second-order valence-electron chi connectivity index (χ2n) is 5.75. The van der Waals surface area contributed by atoms with E-state index in [0.29, 0.717) is 5.92 Å². The highest BCUT2D eigenvalue weighted by molar-refractivity contribution is 5.88. The Morgan fingerprint density at radius 3 is 2.50 bits per heavy atom. The minimum Gasteiger partial charge on any atom is -0.354 e. The van der Waals surface area contributed by atoms with Crippen molar-refractivity contribution in [1.29, 1.82) is 0 Å². The van der Waals surface area contributed by atoms with Crippen LogP contribution in [0.2, 0.25) is 0 Å². The van der Waals surface area contributed by atoms with Gasteiger partial charge in [0, 0.05) is 19.1 Å². The van der Waals surface area contributed by atoms with E-state index in [1.165, 1.54) is 32.4 Å². The Balaban J connectivity index is 0.000000810. The molecule has 1 atom stereocenters. The molecule has 6 heteroatoms. The van der Waals surface area contributed by atoms with E-state index in [-0.39, 0.29) is 30.7 Å². The molecule has 106 valence electrons. The van der Waals surface area contributed by atoms with Crippen LogP contribution in [0.4, 0.5) is 0 Å². The zero-order chi connectivity index (χ0) is 11.2. The summed E-state index contributed by atoms with van der Waals surface area (Å²) in [5, 5.41) is 3.02. The van der Waals surface area contributed by atoms with Crippen molar-refractivity contribution >= 4 is 30.7 Å². The van der Waals surface area contributed by atoms with Crippen LogP contribution >= 0.6 is 24.8 Å². The molecule has 0 bridgehead atoms. The summed E-state index contributed by atoms with van der Waals surface area (Å²) in [6.07, 6.45) is 5.71. The van der Waals surface area contributed by atoms with Crippen LogP contribution in [0.15, 0.2) is 0 Å². The molecule has 18 heavy (non-hydrogen) atoms. The number of likely N-dealkylation sites (tertiary alicyclic amines) is 1. The van der Waals surface area contributed by atoms with Gasteiger partial charge < -0.3 is 16.0 Å². The topological polar surface area (TPSA) is 58.4 Å². The number of rotatable bonds is 4. The van der Waals surface area contributed by atoms with Crippen molar-refractivity contribution in [2.24, 2.45) is 11.7 Å². The molecule has 0 spiro atoms.